The fourth-order valence-electron chi connectivity index (χ4n) is 4.44. The summed E-state index contributed by atoms with van der Waals surface area (Å²) in [6, 6.07) is 5.71. The van der Waals surface area contributed by atoms with Gasteiger partial charge in [-0.15, -0.1) is 0 Å². The van der Waals surface area contributed by atoms with Gasteiger partial charge in [-0.1, -0.05) is 0 Å². The lowest BCUT2D eigenvalue weighted by atomic mass is 9.87. The quantitative estimate of drug-likeness (QED) is 0.796. The molecule has 27 heavy (non-hydrogen) atoms. The first-order valence-electron chi connectivity index (χ1n) is 9.92. The average Bonchev–Trinajstić information content (AvgIpc) is 3.22. The Morgan fingerprint density at radius 3 is 2.33 bits per heavy atom. The monoisotopic (exact) mass is 372 g/mol. The van der Waals surface area contributed by atoms with Crippen molar-refractivity contribution in [1.29, 1.82) is 0 Å². The second kappa shape index (κ2) is 7.41. The van der Waals surface area contributed by atoms with Crippen molar-refractivity contribution in [3.8, 4) is 11.5 Å². The highest BCUT2D eigenvalue weighted by molar-refractivity contribution is 5.85. The van der Waals surface area contributed by atoms with Crippen LogP contribution >= 0.6 is 0 Å². The molecule has 3 fully saturated rings. The molecule has 1 aromatic carbocycles. The van der Waals surface area contributed by atoms with Crippen LogP contribution in [0.2, 0.25) is 0 Å². The van der Waals surface area contributed by atoms with E-state index in [1.165, 1.54) is 0 Å². The Morgan fingerprint density at radius 2 is 1.70 bits per heavy atom. The highest BCUT2D eigenvalue weighted by Crippen LogP contribution is 2.42. The Morgan fingerprint density at radius 1 is 0.963 bits per heavy atom. The summed E-state index contributed by atoms with van der Waals surface area (Å²) in [7, 11) is 3.28. The molecule has 0 N–H and O–H groups in total. The lowest BCUT2D eigenvalue weighted by molar-refractivity contribution is -0.135. The van der Waals surface area contributed by atoms with Crippen molar-refractivity contribution in [2.24, 2.45) is 11.8 Å². The Bertz CT molecular complexity index is 725. The molecule has 146 valence electrons. The number of likely N-dealkylation sites (tertiary alicyclic amines) is 2. The smallest absolute Gasteiger partial charge is 0.228 e. The minimum atomic E-state index is -0.216. The molecule has 6 heteroatoms. The molecule has 2 heterocycles. The molecule has 1 saturated carbocycles. The molecule has 1 aromatic rings. The van der Waals surface area contributed by atoms with Crippen LogP contribution in [0, 0.1) is 11.8 Å². The van der Waals surface area contributed by atoms with Crippen LogP contribution in [0.25, 0.3) is 0 Å². The zero-order chi connectivity index (χ0) is 19.0. The number of carbonyl (C=O) groups excluding carboxylic acids is 2. The van der Waals surface area contributed by atoms with Gasteiger partial charge in [-0.2, -0.15) is 0 Å². The number of hydrogen-bond acceptors (Lipinski definition) is 4. The lowest BCUT2D eigenvalue weighted by Crippen LogP contribution is -2.37. The molecule has 4 rings (SSSR count). The Balaban J connectivity index is 1.66. The summed E-state index contributed by atoms with van der Waals surface area (Å²) in [6.45, 7) is 2.74. The largest absolute Gasteiger partial charge is 0.497 e. The summed E-state index contributed by atoms with van der Waals surface area (Å²) in [4.78, 5) is 29.8. The van der Waals surface area contributed by atoms with E-state index in [0.29, 0.717) is 13.1 Å². The minimum Gasteiger partial charge on any atom is -0.497 e. The lowest BCUT2D eigenvalue weighted by Gasteiger charge is -2.25. The van der Waals surface area contributed by atoms with Crippen LogP contribution in [-0.2, 0) is 9.59 Å². The van der Waals surface area contributed by atoms with Crippen LogP contribution in [0.4, 0.5) is 0 Å². The molecule has 0 bridgehead atoms. The van der Waals surface area contributed by atoms with E-state index >= 15 is 0 Å². The topological polar surface area (TPSA) is 59.1 Å². The van der Waals surface area contributed by atoms with Gasteiger partial charge < -0.3 is 19.3 Å². The summed E-state index contributed by atoms with van der Waals surface area (Å²) < 4.78 is 11.0. The predicted octanol–water partition coefficient (Wildman–Crippen LogP) is 2.28. The van der Waals surface area contributed by atoms with Gasteiger partial charge in [0.05, 0.1) is 20.1 Å². The summed E-state index contributed by atoms with van der Waals surface area (Å²) in [5, 5.41) is 0. The fraction of sp³-hybridized carbons (Fsp3) is 0.619. The fourth-order valence-corrected chi connectivity index (χ4v) is 4.44. The van der Waals surface area contributed by atoms with Gasteiger partial charge >= 0.3 is 0 Å². The number of methoxy groups -OCH3 is 2. The zero-order valence-corrected chi connectivity index (χ0v) is 16.1. The number of rotatable bonds is 5. The van der Waals surface area contributed by atoms with E-state index in [1.807, 2.05) is 28.0 Å². The molecule has 6 nitrogen and oxygen atoms in total. The molecule has 1 aliphatic carbocycles. The SMILES string of the molecule is COc1ccc(OC)c(C2CN(C(=O)C3CC3)CC2C(=O)N2CCCC2)c1. The van der Waals surface area contributed by atoms with Crippen molar-refractivity contribution >= 4 is 11.8 Å². The number of carbonyl (C=O) groups is 2. The van der Waals surface area contributed by atoms with Crippen LogP contribution in [0.15, 0.2) is 18.2 Å². The van der Waals surface area contributed by atoms with Crippen LogP contribution in [0.1, 0.15) is 37.2 Å². The minimum absolute atomic E-state index is 0.0640. The highest BCUT2D eigenvalue weighted by atomic mass is 16.5. The van der Waals surface area contributed by atoms with Gasteiger partial charge in [-0.25, -0.2) is 0 Å². The predicted molar refractivity (Wildman–Crippen MR) is 101 cm³/mol. The molecule has 0 aromatic heterocycles. The van der Waals surface area contributed by atoms with E-state index in [9.17, 15) is 9.59 Å². The van der Waals surface area contributed by atoms with Crippen LogP contribution in [0.3, 0.4) is 0 Å². The summed E-state index contributed by atoms with van der Waals surface area (Å²) in [5.41, 5.74) is 0.959. The van der Waals surface area contributed by atoms with Gasteiger partial charge in [-0.05, 0) is 43.9 Å². The third-order valence-electron chi connectivity index (χ3n) is 6.13. The summed E-state index contributed by atoms with van der Waals surface area (Å²) >= 11 is 0. The van der Waals surface area contributed by atoms with Gasteiger partial charge in [0.2, 0.25) is 11.8 Å². The highest BCUT2D eigenvalue weighted by Gasteiger charge is 2.46. The van der Waals surface area contributed by atoms with Crippen molar-refractivity contribution in [3.63, 3.8) is 0 Å². The molecule has 2 atom stereocenters. The van der Waals surface area contributed by atoms with Crippen molar-refractivity contribution in [2.75, 3.05) is 40.4 Å². The number of hydrogen-bond donors (Lipinski definition) is 0. The van der Waals surface area contributed by atoms with Crippen LogP contribution in [-0.4, -0.2) is 62.0 Å². The molecular weight excluding hydrogens is 344 g/mol. The van der Waals surface area contributed by atoms with E-state index in [4.69, 9.17) is 9.47 Å². The van der Waals surface area contributed by atoms with Crippen molar-refractivity contribution in [3.05, 3.63) is 23.8 Å². The number of ether oxygens (including phenoxy) is 2. The maximum absolute atomic E-state index is 13.3. The molecule has 2 amide bonds. The molecule has 2 saturated heterocycles. The van der Waals surface area contributed by atoms with Crippen molar-refractivity contribution < 1.29 is 19.1 Å². The summed E-state index contributed by atoms with van der Waals surface area (Å²) in [5.74, 6) is 1.76. The molecule has 2 aliphatic heterocycles. The first-order chi connectivity index (χ1) is 13.1. The van der Waals surface area contributed by atoms with Crippen molar-refractivity contribution in [2.45, 2.75) is 31.6 Å². The molecule has 0 radical (unpaired) electrons. The van der Waals surface area contributed by atoms with E-state index in [2.05, 4.69) is 0 Å². The standard InChI is InChI=1S/C21H28N2O4/c1-26-15-7-8-19(27-2)16(11-15)17-12-23(20(24)14-5-6-14)13-18(17)21(25)22-9-3-4-10-22/h7-8,11,14,17-18H,3-6,9-10,12-13H2,1-2H3. The molecule has 0 spiro atoms. The summed E-state index contributed by atoms with van der Waals surface area (Å²) in [6.07, 6.45) is 4.09. The van der Waals surface area contributed by atoms with Crippen LogP contribution < -0.4 is 9.47 Å². The second-order valence-corrected chi connectivity index (χ2v) is 7.87. The Labute approximate surface area is 160 Å². The Hall–Kier alpha value is -2.24. The third-order valence-corrected chi connectivity index (χ3v) is 6.13. The van der Waals surface area contributed by atoms with E-state index in [1.54, 1.807) is 14.2 Å². The number of nitrogens with zero attached hydrogens (tertiary/aromatic N) is 2. The Kier molecular flexibility index (Phi) is 4.98. The number of amides is 2. The average molecular weight is 372 g/mol. The molecule has 3 aliphatic rings. The van der Waals surface area contributed by atoms with Gasteiger partial charge in [0.25, 0.3) is 0 Å². The van der Waals surface area contributed by atoms with E-state index < -0.39 is 0 Å². The zero-order valence-electron chi connectivity index (χ0n) is 16.1. The van der Waals surface area contributed by atoms with E-state index in [-0.39, 0.29) is 29.6 Å². The van der Waals surface area contributed by atoms with Crippen molar-refractivity contribution in [1.82, 2.24) is 9.80 Å². The maximum atomic E-state index is 13.3. The van der Waals surface area contributed by atoms with Gasteiger partial charge in [0.15, 0.2) is 0 Å². The third kappa shape index (κ3) is 3.49. The van der Waals surface area contributed by atoms with Crippen LogP contribution in [0.5, 0.6) is 11.5 Å². The second-order valence-electron chi connectivity index (χ2n) is 7.87. The normalized spacial score (nSPS) is 25.0. The maximum Gasteiger partial charge on any atom is 0.228 e. The molecule has 2 unspecified atom stereocenters. The van der Waals surface area contributed by atoms with Gasteiger partial charge in [-0.3, -0.25) is 9.59 Å². The first kappa shape index (κ1) is 18.1. The van der Waals surface area contributed by atoms with Gasteiger partial charge in [0, 0.05) is 43.6 Å². The first-order valence-corrected chi connectivity index (χ1v) is 9.92. The molecular formula is C21H28N2O4. The van der Waals surface area contributed by atoms with Gasteiger partial charge in [0.1, 0.15) is 11.5 Å². The number of benzene rings is 1. The van der Waals surface area contributed by atoms with E-state index in [0.717, 1.165) is 55.8 Å².